The van der Waals surface area contributed by atoms with Crippen LogP contribution in [0, 0.1) is 11.3 Å². The fourth-order valence-corrected chi connectivity index (χ4v) is 2.94. The van der Waals surface area contributed by atoms with Crippen molar-refractivity contribution >= 4 is 16.9 Å². The van der Waals surface area contributed by atoms with E-state index in [0.29, 0.717) is 43.3 Å². The van der Waals surface area contributed by atoms with Gasteiger partial charge >= 0.3 is 5.97 Å². The van der Waals surface area contributed by atoms with E-state index in [2.05, 4.69) is 6.07 Å². The molecule has 0 atom stereocenters. The van der Waals surface area contributed by atoms with E-state index in [1.54, 1.807) is 25.3 Å². The first-order valence-corrected chi connectivity index (χ1v) is 9.21. The van der Waals surface area contributed by atoms with Gasteiger partial charge in [-0.25, -0.2) is 4.79 Å². The third-order valence-electron chi connectivity index (χ3n) is 4.25. The summed E-state index contributed by atoms with van der Waals surface area (Å²) in [4.78, 5) is 11.8. The Bertz CT molecular complexity index is 1000. The first-order valence-electron chi connectivity index (χ1n) is 9.21. The summed E-state index contributed by atoms with van der Waals surface area (Å²) >= 11 is 0. The van der Waals surface area contributed by atoms with Crippen LogP contribution in [-0.4, -0.2) is 37.0 Å². The number of hydrogen-bond donors (Lipinski definition) is 0. The number of carbonyl (C=O) groups is 1. The number of nitrogens with zero attached hydrogens (tertiary/aromatic N) is 2. The average Bonchev–Trinajstić information content (AvgIpc) is 3.09. The van der Waals surface area contributed by atoms with Crippen LogP contribution in [0.2, 0.25) is 0 Å². The molecule has 0 bridgehead atoms. The van der Waals surface area contributed by atoms with E-state index in [9.17, 15) is 10.1 Å². The first kappa shape index (κ1) is 19.5. The summed E-state index contributed by atoms with van der Waals surface area (Å²) < 4.78 is 17.9. The van der Waals surface area contributed by atoms with E-state index in [1.807, 2.05) is 41.8 Å². The number of rotatable bonds is 8. The SMILES string of the molecule is CCOCCOc1ccc2c(c1)c(C#N)cn2-c1ccc(C(=O)OCC)cc1. The summed E-state index contributed by atoms with van der Waals surface area (Å²) in [7, 11) is 0. The molecule has 3 rings (SSSR count). The fourth-order valence-electron chi connectivity index (χ4n) is 2.94. The van der Waals surface area contributed by atoms with Crippen LogP contribution in [0.5, 0.6) is 5.75 Å². The summed E-state index contributed by atoms with van der Waals surface area (Å²) in [6.45, 7) is 5.68. The number of fused-ring (bicyclic) bond motifs is 1. The summed E-state index contributed by atoms with van der Waals surface area (Å²) in [5, 5.41) is 10.3. The average molecular weight is 378 g/mol. The first-order chi connectivity index (χ1) is 13.7. The predicted molar refractivity (Wildman–Crippen MR) is 106 cm³/mol. The molecule has 0 spiro atoms. The van der Waals surface area contributed by atoms with Gasteiger partial charge in [-0.1, -0.05) is 0 Å². The van der Waals surface area contributed by atoms with E-state index in [1.165, 1.54) is 0 Å². The van der Waals surface area contributed by atoms with Crippen LogP contribution in [0.15, 0.2) is 48.7 Å². The second kappa shape index (κ2) is 9.07. The van der Waals surface area contributed by atoms with Gasteiger partial charge in [0, 0.05) is 23.9 Å². The Hall–Kier alpha value is -3.30. The molecule has 0 unspecified atom stereocenters. The molecule has 0 N–H and O–H groups in total. The zero-order valence-corrected chi connectivity index (χ0v) is 16.0. The molecule has 6 heteroatoms. The van der Waals surface area contributed by atoms with E-state index in [-0.39, 0.29) is 5.97 Å². The molecule has 6 nitrogen and oxygen atoms in total. The third kappa shape index (κ3) is 4.16. The second-order valence-corrected chi connectivity index (χ2v) is 6.02. The highest BCUT2D eigenvalue weighted by Crippen LogP contribution is 2.28. The van der Waals surface area contributed by atoms with Gasteiger partial charge in [0.15, 0.2) is 0 Å². The molecule has 0 aliphatic carbocycles. The minimum Gasteiger partial charge on any atom is -0.491 e. The number of benzene rings is 2. The quantitative estimate of drug-likeness (QED) is 0.436. The van der Waals surface area contributed by atoms with Gasteiger partial charge < -0.3 is 18.8 Å². The molecule has 28 heavy (non-hydrogen) atoms. The molecular weight excluding hydrogens is 356 g/mol. The van der Waals surface area contributed by atoms with Crippen molar-refractivity contribution in [3.05, 3.63) is 59.8 Å². The predicted octanol–water partition coefficient (Wildman–Crippen LogP) is 4.09. The lowest BCUT2D eigenvalue weighted by Crippen LogP contribution is -2.06. The maximum atomic E-state index is 11.8. The number of carbonyl (C=O) groups excluding carboxylic acids is 1. The molecule has 0 saturated heterocycles. The summed E-state index contributed by atoms with van der Waals surface area (Å²) in [5.41, 5.74) is 2.79. The maximum absolute atomic E-state index is 11.8. The molecule has 0 amide bonds. The Kier molecular flexibility index (Phi) is 6.30. The Morgan fingerprint density at radius 2 is 1.86 bits per heavy atom. The highest BCUT2D eigenvalue weighted by atomic mass is 16.5. The number of ether oxygens (including phenoxy) is 3. The van der Waals surface area contributed by atoms with Gasteiger partial charge in [0.2, 0.25) is 0 Å². The van der Waals surface area contributed by atoms with E-state index in [4.69, 9.17) is 14.2 Å². The highest BCUT2D eigenvalue weighted by Gasteiger charge is 2.12. The van der Waals surface area contributed by atoms with E-state index >= 15 is 0 Å². The normalized spacial score (nSPS) is 10.6. The van der Waals surface area contributed by atoms with Gasteiger partial charge in [0.25, 0.3) is 0 Å². The van der Waals surface area contributed by atoms with Gasteiger partial charge in [0.1, 0.15) is 18.4 Å². The molecule has 3 aromatic rings. The van der Waals surface area contributed by atoms with Gasteiger partial charge in [-0.3, -0.25) is 0 Å². The monoisotopic (exact) mass is 378 g/mol. The summed E-state index contributed by atoms with van der Waals surface area (Å²) in [5.74, 6) is 0.345. The zero-order chi connectivity index (χ0) is 19.9. The maximum Gasteiger partial charge on any atom is 0.338 e. The molecule has 2 aromatic carbocycles. The lowest BCUT2D eigenvalue weighted by atomic mass is 10.2. The molecule has 1 aromatic heterocycles. The zero-order valence-electron chi connectivity index (χ0n) is 16.0. The number of hydrogen-bond acceptors (Lipinski definition) is 5. The molecule has 0 fully saturated rings. The van der Waals surface area contributed by atoms with Crippen LogP contribution in [0.3, 0.4) is 0 Å². The molecular formula is C22H22N2O4. The molecule has 0 saturated carbocycles. The van der Waals surface area contributed by atoms with Crippen LogP contribution in [0.25, 0.3) is 16.6 Å². The number of nitriles is 1. The van der Waals surface area contributed by atoms with Crippen molar-refractivity contribution in [3.63, 3.8) is 0 Å². The molecule has 0 aliphatic rings. The van der Waals surface area contributed by atoms with E-state index < -0.39 is 0 Å². The summed E-state index contributed by atoms with van der Waals surface area (Å²) in [6, 6.07) is 15.0. The smallest absolute Gasteiger partial charge is 0.338 e. The van der Waals surface area contributed by atoms with Crippen molar-refractivity contribution in [1.82, 2.24) is 4.57 Å². The summed E-state index contributed by atoms with van der Waals surface area (Å²) in [6.07, 6.45) is 1.79. The van der Waals surface area contributed by atoms with Crippen LogP contribution in [0.1, 0.15) is 29.8 Å². The molecule has 144 valence electrons. The van der Waals surface area contributed by atoms with Gasteiger partial charge in [0.05, 0.1) is 29.9 Å². The Morgan fingerprint density at radius 1 is 1.07 bits per heavy atom. The number of aromatic nitrogens is 1. The third-order valence-corrected chi connectivity index (χ3v) is 4.25. The fraction of sp³-hybridized carbons (Fsp3) is 0.273. The van der Waals surface area contributed by atoms with Gasteiger partial charge in [-0.15, -0.1) is 0 Å². The Morgan fingerprint density at radius 3 is 2.54 bits per heavy atom. The minimum absolute atomic E-state index is 0.337. The number of esters is 1. The Balaban J connectivity index is 1.89. The molecule has 0 aliphatic heterocycles. The lowest BCUT2D eigenvalue weighted by molar-refractivity contribution is 0.0526. The van der Waals surface area contributed by atoms with E-state index in [0.717, 1.165) is 16.6 Å². The topological polar surface area (TPSA) is 73.5 Å². The van der Waals surface area contributed by atoms with Crippen LogP contribution >= 0.6 is 0 Å². The standard InChI is InChI=1S/C22H22N2O4/c1-3-26-11-12-28-19-9-10-21-20(13-19)17(14-23)15-24(21)18-7-5-16(6-8-18)22(25)27-4-2/h5-10,13,15H,3-4,11-12H2,1-2H3. The van der Waals surface area contributed by atoms with Crippen molar-refractivity contribution in [2.75, 3.05) is 26.4 Å². The van der Waals surface area contributed by atoms with Crippen LogP contribution in [0.4, 0.5) is 0 Å². The molecule has 0 radical (unpaired) electrons. The lowest BCUT2D eigenvalue weighted by Gasteiger charge is -2.09. The van der Waals surface area contributed by atoms with Crippen molar-refractivity contribution in [2.45, 2.75) is 13.8 Å². The van der Waals surface area contributed by atoms with Crippen molar-refractivity contribution < 1.29 is 19.0 Å². The minimum atomic E-state index is -0.349. The van der Waals surface area contributed by atoms with Crippen molar-refractivity contribution in [2.24, 2.45) is 0 Å². The highest BCUT2D eigenvalue weighted by molar-refractivity contribution is 5.91. The largest absolute Gasteiger partial charge is 0.491 e. The van der Waals surface area contributed by atoms with Crippen LogP contribution < -0.4 is 4.74 Å². The van der Waals surface area contributed by atoms with Gasteiger partial charge in [-0.05, 0) is 56.3 Å². The van der Waals surface area contributed by atoms with Crippen LogP contribution in [-0.2, 0) is 9.47 Å². The second-order valence-electron chi connectivity index (χ2n) is 6.02. The van der Waals surface area contributed by atoms with Crippen molar-refractivity contribution in [1.29, 1.82) is 5.26 Å². The molecule has 1 heterocycles. The van der Waals surface area contributed by atoms with Crippen molar-refractivity contribution in [3.8, 4) is 17.5 Å². The van der Waals surface area contributed by atoms with Gasteiger partial charge in [-0.2, -0.15) is 5.26 Å². The Labute approximate surface area is 163 Å².